The smallest absolute Gasteiger partial charge is 0.0931 e. The molecule has 0 saturated carbocycles. The molecule has 0 amide bonds. The first kappa shape index (κ1) is 14.0. The molecule has 0 aliphatic rings. The molecule has 0 radical (unpaired) electrons. The second kappa shape index (κ2) is 5.50. The molecule has 1 rings (SSSR count). The third-order valence-electron chi connectivity index (χ3n) is 2.79. The fraction of sp³-hybridized carbons (Fsp3) is 0.667. The Morgan fingerprint density at radius 3 is 2.44 bits per heavy atom. The van der Waals surface area contributed by atoms with Gasteiger partial charge in [-0.15, -0.1) is 11.3 Å². The van der Waals surface area contributed by atoms with Crippen molar-refractivity contribution in [2.45, 2.75) is 33.4 Å². The van der Waals surface area contributed by atoms with Crippen molar-refractivity contribution in [1.29, 1.82) is 0 Å². The molecule has 0 spiro atoms. The van der Waals surface area contributed by atoms with E-state index in [0.29, 0.717) is 12.6 Å². The number of thiophene rings is 1. The van der Waals surface area contributed by atoms with Crippen molar-refractivity contribution >= 4 is 22.9 Å². The van der Waals surface area contributed by atoms with Crippen LogP contribution in [0, 0.1) is 5.41 Å². The van der Waals surface area contributed by atoms with Crippen LogP contribution < -0.4 is 5.73 Å². The minimum absolute atomic E-state index is 0.199. The van der Waals surface area contributed by atoms with Crippen molar-refractivity contribution in [3.63, 3.8) is 0 Å². The highest BCUT2D eigenvalue weighted by Crippen LogP contribution is 2.27. The summed E-state index contributed by atoms with van der Waals surface area (Å²) in [6, 6.07) is 4.41. The molecule has 0 bridgehead atoms. The van der Waals surface area contributed by atoms with Gasteiger partial charge in [0.1, 0.15) is 0 Å². The number of likely N-dealkylation sites (N-methyl/N-ethyl adjacent to an activating group) is 1. The summed E-state index contributed by atoms with van der Waals surface area (Å²) in [4.78, 5) is 3.59. The molecule has 16 heavy (non-hydrogen) atoms. The van der Waals surface area contributed by atoms with Gasteiger partial charge >= 0.3 is 0 Å². The zero-order chi connectivity index (χ0) is 12.3. The maximum atomic E-state index is 5.92. The summed E-state index contributed by atoms with van der Waals surface area (Å²) >= 11 is 7.56. The minimum Gasteiger partial charge on any atom is -0.329 e. The van der Waals surface area contributed by atoms with Gasteiger partial charge in [-0.05, 0) is 24.6 Å². The first-order chi connectivity index (χ1) is 7.34. The van der Waals surface area contributed by atoms with Gasteiger partial charge in [-0.25, -0.2) is 0 Å². The van der Waals surface area contributed by atoms with Crippen LogP contribution in [0.2, 0.25) is 4.34 Å². The zero-order valence-corrected chi connectivity index (χ0v) is 12.0. The van der Waals surface area contributed by atoms with Gasteiger partial charge in [0.05, 0.1) is 4.34 Å². The molecule has 0 saturated heterocycles. The van der Waals surface area contributed by atoms with Crippen LogP contribution in [0.4, 0.5) is 0 Å². The summed E-state index contributed by atoms with van der Waals surface area (Å²) in [6.45, 7) is 8.27. The van der Waals surface area contributed by atoms with Crippen molar-refractivity contribution in [2.24, 2.45) is 11.1 Å². The van der Waals surface area contributed by atoms with Crippen LogP contribution in [0.25, 0.3) is 0 Å². The maximum Gasteiger partial charge on any atom is 0.0931 e. The summed E-state index contributed by atoms with van der Waals surface area (Å²) in [5, 5.41) is 0. The van der Waals surface area contributed by atoms with E-state index in [9.17, 15) is 0 Å². The number of halogens is 1. The van der Waals surface area contributed by atoms with Gasteiger partial charge in [-0.2, -0.15) is 0 Å². The Hall–Kier alpha value is -0.0900. The third-order valence-corrected chi connectivity index (χ3v) is 4.00. The number of hydrogen-bond acceptors (Lipinski definition) is 3. The van der Waals surface area contributed by atoms with Gasteiger partial charge in [0, 0.05) is 24.0 Å². The Balaban J connectivity index is 2.66. The van der Waals surface area contributed by atoms with Crippen molar-refractivity contribution in [1.82, 2.24) is 4.90 Å². The monoisotopic (exact) mass is 260 g/mol. The highest BCUT2D eigenvalue weighted by Gasteiger charge is 2.27. The topological polar surface area (TPSA) is 29.3 Å². The first-order valence-corrected chi connectivity index (χ1v) is 6.68. The molecule has 2 nitrogen and oxygen atoms in total. The Bertz CT molecular complexity index is 330. The van der Waals surface area contributed by atoms with Crippen LogP contribution in [-0.2, 0) is 6.54 Å². The Morgan fingerprint density at radius 1 is 1.44 bits per heavy atom. The quantitative estimate of drug-likeness (QED) is 0.901. The van der Waals surface area contributed by atoms with Crippen LogP contribution in [-0.4, -0.2) is 24.5 Å². The summed E-state index contributed by atoms with van der Waals surface area (Å²) in [6.07, 6.45) is 0. The van der Waals surface area contributed by atoms with E-state index in [2.05, 4.69) is 38.8 Å². The molecule has 1 aromatic rings. The Kier molecular flexibility index (Phi) is 4.80. The van der Waals surface area contributed by atoms with E-state index in [-0.39, 0.29) is 5.41 Å². The lowest BCUT2D eigenvalue weighted by Crippen LogP contribution is -2.46. The predicted molar refractivity (Wildman–Crippen MR) is 73.1 cm³/mol. The Morgan fingerprint density at radius 2 is 2.06 bits per heavy atom. The van der Waals surface area contributed by atoms with Crippen LogP contribution in [0.1, 0.15) is 25.6 Å². The number of rotatable bonds is 4. The van der Waals surface area contributed by atoms with E-state index in [1.165, 1.54) is 4.88 Å². The first-order valence-electron chi connectivity index (χ1n) is 5.49. The summed E-state index contributed by atoms with van der Waals surface area (Å²) in [5.74, 6) is 0. The molecule has 0 aromatic carbocycles. The minimum atomic E-state index is 0.199. The van der Waals surface area contributed by atoms with Gasteiger partial charge in [0.2, 0.25) is 0 Å². The molecular weight excluding hydrogens is 240 g/mol. The van der Waals surface area contributed by atoms with Crippen LogP contribution in [0.5, 0.6) is 0 Å². The lowest BCUT2D eigenvalue weighted by Gasteiger charge is -2.37. The molecule has 1 atom stereocenters. The standard InChI is InChI=1S/C12H21ClN2S/c1-12(2,3)10(7-14)15(4)8-9-5-6-11(13)16-9/h5-6,10H,7-8,14H2,1-4H3. The molecule has 1 unspecified atom stereocenters. The number of nitrogens with two attached hydrogens (primary N) is 1. The molecule has 1 aromatic heterocycles. The SMILES string of the molecule is CN(Cc1ccc(Cl)s1)C(CN)C(C)(C)C. The van der Waals surface area contributed by atoms with Crippen LogP contribution >= 0.6 is 22.9 Å². The largest absolute Gasteiger partial charge is 0.329 e. The molecule has 1 heterocycles. The van der Waals surface area contributed by atoms with Crippen molar-refractivity contribution in [3.05, 3.63) is 21.3 Å². The Labute approximate surface area is 107 Å². The fourth-order valence-electron chi connectivity index (χ4n) is 1.99. The summed E-state index contributed by atoms with van der Waals surface area (Å²) in [5.41, 5.74) is 6.05. The van der Waals surface area contributed by atoms with Crippen LogP contribution in [0.15, 0.2) is 12.1 Å². The molecule has 92 valence electrons. The van der Waals surface area contributed by atoms with Crippen LogP contribution in [0.3, 0.4) is 0 Å². The van der Waals surface area contributed by atoms with Crippen molar-refractivity contribution < 1.29 is 0 Å². The second-order valence-electron chi connectivity index (χ2n) is 5.24. The van der Waals surface area contributed by atoms with Gasteiger partial charge in [-0.3, -0.25) is 4.90 Å². The zero-order valence-electron chi connectivity index (χ0n) is 10.5. The van der Waals surface area contributed by atoms with Gasteiger partial charge < -0.3 is 5.73 Å². The highest BCUT2D eigenvalue weighted by atomic mass is 35.5. The number of nitrogens with zero attached hydrogens (tertiary/aromatic N) is 1. The average Bonchev–Trinajstić information content (AvgIpc) is 2.49. The van der Waals surface area contributed by atoms with Gasteiger partial charge in [0.15, 0.2) is 0 Å². The van der Waals surface area contributed by atoms with E-state index in [1.54, 1.807) is 11.3 Å². The normalized spacial score (nSPS) is 14.4. The van der Waals surface area contributed by atoms with E-state index in [1.807, 2.05) is 6.07 Å². The fourth-order valence-corrected chi connectivity index (χ4v) is 3.14. The van der Waals surface area contributed by atoms with Crippen molar-refractivity contribution in [3.8, 4) is 0 Å². The molecular formula is C12H21ClN2S. The molecule has 0 fully saturated rings. The van der Waals surface area contributed by atoms with E-state index >= 15 is 0 Å². The molecule has 0 aliphatic carbocycles. The summed E-state index contributed by atoms with van der Waals surface area (Å²) in [7, 11) is 2.12. The molecule has 4 heteroatoms. The van der Waals surface area contributed by atoms with Gasteiger partial charge in [-0.1, -0.05) is 32.4 Å². The number of hydrogen-bond donors (Lipinski definition) is 1. The van der Waals surface area contributed by atoms with E-state index in [0.717, 1.165) is 10.9 Å². The predicted octanol–water partition coefficient (Wildman–Crippen LogP) is 3.21. The third kappa shape index (κ3) is 3.74. The lowest BCUT2D eigenvalue weighted by molar-refractivity contribution is 0.126. The second-order valence-corrected chi connectivity index (χ2v) is 7.04. The molecule has 0 aliphatic heterocycles. The molecule has 2 N–H and O–H groups in total. The van der Waals surface area contributed by atoms with E-state index < -0.39 is 0 Å². The van der Waals surface area contributed by atoms with Crippen molar-refractivity contribution in [2.75, 3.05) is 13.6 Å². The highest BCUT2D eigenvalue weighted by molar-refractivity contribution is 7.16. The average molecular weight is 261 g/mol. The maximum absolute atomic E-state index is 5.92. The summed E-state index contributed by atoms with van der Waals surface area (Å²) < 4.78 is 0.850. The lowest BCUT2D eigenvalue weighted by atomic mass is 9.86. The van der Waals surface area contributed by atoms with E-state index in [4.69, 9.17) is 17.3 Å². The van der Waals surface area contributed by atoms with Gasteiger partial charge in [0.25, 0.3) is 0 Å².